The quantitative estimate of drug-likeness (QED) is 0.589. The number of aryl methyl sites for hydroxylation is 1. The molecule has 1 aromatic carbocycles. The fourth-order valence-corrected chi connectivity index (χ4v) is 1.60. The van der Waals surface area contributed by atoms with Gasteiger partial charge in [0.1, 0.15) is 11.6 Å². The summed E-state index contributed by atoms with van der Waals surface area (Å²) in [5.74, 6) is 5.50. The lowest BCUT2D eigenvalue weighted by atomic mass is 10.3. The molecule has 1 heterocycles. The van der Waals surface area contributed by atoms with Crippen LogP contribution in [0.15, 0.2) is 24.3 Å². The molecule has 0 bridgehead atoms. The minimum absolute atomic E-state index is 0.239. The predicted molar refractivity (Wildman–Crippen MR) is 69.3 cm³/mol. The zero-order valence-electron chi connectivity index (χ0n) is 9.54. The minimum Gasteiger partial charge on any atom is -0.338 e. The van der Waals surface area contributed by atoms with Crippen molar-refractivity contribution < 1.29 is 4.39 Å². The van der Waals surface area contributed by atoms with Crippen LogP contribution in [0.5, 0.6) is 0 Å². The van der Waals surface area contributed by atoms with Gasteiger partial charge in [0.15, 0.2) is 0 Å². The van der Waals surface area contributed by atoms with E-state index < -0.39 is 5.82 Å². The van der Waals surface area contributed by atoms with E-state index in [0.29, 0.717) is 16.5 Å². The second-order valence-electron chi connectivity index (χ2n) is 3.61. The largest absolute Gasteiger partial charge is 0.338 e. The van der Waals surface area contributed by atoms with Gasteiger partial charge in [0.2, 0.25) is 5.95 Å². The zero-order chi connectivity index (χ0) is 13.1. The molecule has 0 radical (unpaired) electrons. The molecule has 4 N–H and O–H groups in total. The van der Waals surface area contributed by atoms with E-state index in [1.165, 1.54) is 18.2 Å². The monoisotopic (exact) mass is 267 g/mol. The standard InChI is InChI=1S/C11H11ClFN5/c1-6-4-10(17-11(15-6)18-14)16-9-5-7(12)2-3-8(9)13/h2-5H,14H2,1H3,(H2,15,16,17,18). The van der Waals surface area contributed by atoms with Crippen molar-refractivity contribution in [2.45, 2.75) is 6.92 Å². The van der Waals surface area contributed by atoms with Crippen LogP contribution in [0.2, 0.25) is 5.02 Å². The minimum atomic E-state index is -0.419. The highest BCUT2D eigenvalue weighted by Gasteiger charge is 2.06. The van der Waals surface area contributed by atoms with Crippen LogP contribution < -0.4 is 16.6 Å². The van der Waals surface area contributed by atoms with Crippen LogP contribution in [0.4, 0.5) is 21.8 Å². The maximum absolute atomic E-state index is 13.5. The van der Waals surface area contributed by atoms with E-state index in [0.717, 1.165) is 0 Å². The Hall–Kier alpha value is -1.92. The number of nitrogens with two attached hydrogens (primary N) is 1. The van der Waals surface area contributed by atoms with Crippen LogP contribution in [-0.4, -0.2) is 9.97 Å². The van der Waals surface area contributed by atoms with Crippen LogP contribution >= 0.6 is 11.6 Å². The summed E-state index contributed by atoms with van der Waals surface area (Å²) in [7, 11) is 0. The molecule has 0 aliphatic carbocycles. The molecule has 0 unspecified atom stereocenters. The molecule has 1 aromatic heterocycles. The lowest BCUT2D eigenvalue weighted by molar-refractivity contribution is 0.632. The normalized spacial score (nSPS) is 10.2. The third-order valence-electron chi connectivity index (χ3n) is 2.17. The van der Waals surface area contributed by atoms with Crippen molar-refractivity contribution in [3.05, 3.63) is 40.8 Å². The number of halogens is 2. The molecular formula is C11H11ClFN5. The molecule has 0 amide bonds. The number of rotatable bonds is 3. The topological polar surface area (TPSA) is 75.9 Å². The third-order valence-corrected chi connectivity index (χ3v) is 2.41. The van der Waals surface area contributed by atoms with Gasteiger partial charge in [-0.2, -0.15) is 4.98 Å². The number of hydrogen-bond acceptors (Lipinski definition) is 5. The first-order valence-corrected chi connectivity index (χ1v) is 5.50. The fraction of sp³-hybridized carbons (Fsp3) is 0.0909. The van der Waals surface area contributed by atoms with Gasteiger partial charge in [0, 0.05) is 16.8 Å². The number of nitrogens with one attached hydrogen (secondary N) is 2. The molecular weight excluding hydrogens is 257 g/mol. The third kappa shape index (κ3) is 2.85. The van der Waals surface area contributed by atoms with Gasteiger partial charge in [-0.3, -0.25) is 5.43 Å². The van der Waals surface area contributed by atoms with E-state index in [2.05, 4.69) is 20.7 Å². The average Bonchev–Trinajstić information content (AvgIpc) is 2.33. The van der Waals surface area contributed by atoms with Crippen molar-refractivity contribution in [1.82, 2.24) is 9.97 Å². The molecule has 94 valence electrons. The second kappa shape index (κ2) is 5.16. The summed E-state index contributed by atoms with van der Waals surface area (Å²) in [5, 5.41) is 3.25. The molecule has 0 aliphatic heterocycles. The Morgan fingerprint density at radius 3 is 2.78 bits per heavy atom. The Morgan fingerprint density at radius 1 is 1.28 bits per heavy atom. The van der Waals surface area contributed by atoms with E-state index in [1.54, 1.807) is 13.0 Å². The maximum Gasteiger partial charge on any atom is 0.239 e. The van der Waals surface area contributed by atoms with Crippen LogP contribution in [-0.2, 0) is 0 Å². The Morgan fingerprint density at radius 2 is 2.06 bits per heavy atom. The van der Waals surface area contributed by atoms with Crippen molar-refractivity contribution in [3.8, 4) is 0 Å². The van der Waals surface area contributed by atoms with Gasteiger partial charge in [0.05, 0.1) is 5.69 Å². The summed E-state index contributed by atoms with van der Waals surface area (Å²) in [5.41, 5.74) is 3.27. The van der Waals surface area contributed by atoms with Gasteiger partial charge in [-0.05, 0) is 25.1 Å². The molecule has 7 heteroatoms. The average molecular weight is 268 g/mol. The second-order valence-corrected chi connectivity index (χ2v) is 4.05. The summed E-state index contributed by atoms with van der Waals surface area (Å²) in [4.78, 5) is 8.08. The van der Waals surface area contributed by atoms with E-state index in [-0.39, 0.29) is 11.6 Å². The molecule has 0 saturated heterocycles. The van der Waals surface area contributed by atoms with Crippen LogP contribution in [0.3, 0.4) is 0 Å². The molecule has 2 rings (SSSR count). The summed E-state index contributed by atoms with van der Waals surface area (Å²) < 4.78 is 13.5. The van der Waals surface area contributed by atoms with Gasteiger partial charge < -0.3 is 5.32 Å². The van der Waals surface area contributed by atoms with Gasteiger partial charge in [0.25, 0.3) is 0 Å². The molecule has 18 heavy (non-hydrogen) atoms. The summed E-state index contributed by atoms with van der Waals surface area (Å²) >= 11 is 5.80. The van der Waals surface area contributed by atoms with E-state index >= 15 is 0 Å². The summed E-state index contributed by atoms with van der Waals surface area (Å²) in [6.07, 6.45) is 0. The van der Waals surface area contributed by atoms with Crippen LogP contribution in [0.1, 0.15) is 5.69 Å². The molecule has 0 fully saturated rings. The van der Waals surface area contributed by atoms with Crippen molar-refractivity contribution in [3.63, 3.8) is 0 Å². The lowest BCUT2D eigenvalue weighted by Gasteiger charge is -2.09. The number of anilines is 3. The lowest BCUT2D eigenvalue weighted by Crippen LogP contribution is -2.12. The highest BCUT2D eigenvalue weighted by molar-refractivity contribution is 6.30. The van der Waals surface area contributed by atoms with E-state index in [1.807, 2.05) is 0 Å². The Bertz CT molecular complexity index is 575. The van der Waals surface area contributed by atoms with Gasteiger partial charge in [-0.25, -0.2) is 15.2 Å². The Labute approximate surface area is 108 Å². The predicted octanol–water partition coefficient (Wildman–Crippen LogP) is 2.61. The number of hydrogen-bond donors (Lipinski definition) is 3. The molecule has 0 spiro atoms. The number of benzene rings is 1. The molecule has 5 nitrogen and oxygen atoms in total. The molecule has 2 aromatic rings. The summed E-state index contributed by atoms with van der Waals surface area (Å²) in [6.45, 7) is 1.78. The highest BCUT2D eigenvalue weighted by atomic mass is 35.5. The van der Waals surface area contributed by atoms with Gasteiger partial charge in [-0.1, -0.05) is 11.6 Å². The first-order valence-electron chi connectivity index (χ1n) is 5.13. The van der Waals surface area contributed by atoms with Crippen LogP contribution in [0, 0.1) is 12.7 Å². The van der Waals surface area contributed by atoms with Crippen molar-refractivity contribution in [2.75, 3.05) is 10.7 Å². The smallest absolute Gasteiger partial charge is 0.239 e. The van der Waals surface area contributed by atoms with Crippen molar-refractivity contribution in [2.24, 2.45) is 5.84 Å². The van der Waals surface area contributed by atoms with Crippen LogP contribution in [0.25, 0.3) is 0 Å². The molecule has 0 aliphatic rings. The summed E-state index contributed by atoms with van der Waals surface area (Å²) in [6, 6.07) is 5.89. The zero-order valence-corrected chi connectivity index (χ0v) is 10.3. The first kappa shape index (κ1) is 12.5. The number of nitrogens with zero attached hydrogens (tertiary/aromatic N) is 2. The molecule has 0 saturated carbocycles. The van der Waals surface area contributed by atoms with E-state index in [9.17, 15) is 4.39 Å². The van der Waals surface area contributed by atoms with Crippen molar-refractivity contribution >= 4 is 29.1 Å². The van der Waals surface area contributed by atoms with E-state index in [4.69, 9.17) is 17.4 Å². The number of hydrazine groups is 1. The Balaban J connectivity index is 2.33. The number of nitrogen functional groups attached to an aromatic ring is 1. The van der Waals surface area contributed by atoms with Gasteiger partial charge in [-0.15, -0.1) is 0 Å². The Kier molecular flexibility index (Phi) is 3.59. The number of aromatic nitrogens is 2. The first-order chi connectivity index (χ1) is 8.58. The maximum atomic E-state index is 13.5. The van der Waals surface area contributed by atoms with Gasteiger partial charge >= 0.3 is 0 Å². The SMILES string of the molecule is Cc1cc(Nc2cc(Cl)ccc2F)nc(NN)n1. The van der Waals surface area contributed by atoms with Crippen molar-refractivity contribution in [1.29, 1.82) is 0 Å². The highest BCUT2D eigenvalue weighted by Crippen LogP contribution is 2.23. The fourth-order valence-electron chi connectivity index (χ4n) is 1.43. The molecule has 0 atom stereocenters.